The highest BCUT2D eigenvalue weighted by Crippen LogP contribution is 2.40. The summed E-state index contributed by atoms with van der Waals surface area (Å²) in [6.07, 6.45) is 4.61. The number of carboxylic acid groups (broad SMARTS) is 1. The van der Waals surface area contributed by atoms with Gasteiger partial charge in [-0.25, -0.2) is 28.7 Å². The zero-order valence-corrected chi connectivity index (χ0v) is 19.9. The van der Waals surface area contributed by atoms with Gasteiger partial charge in [0.15, 0.2) is 0 Å². The van der Waals surface area contributed by atoms with Gasteiger partial charge in [0.1, 0.15) is 11.5 Å². The first-order valence-electron chi connectivity index (χ1n) is 11.8. The molecule has 1 aliphatic rings. The van der Waals surface area contributed by atoms with Gasteiger partial charge >= 0.3 is 5.97 Å². The summed E-state index contributed by atoms with van der Waals surface area (Å²) in [4.78, 5) is 28.6. The van der Waals surface area contributed by atoms with Gasteiger partial charge in [0.2, 0.25) is 5.95 Å². The van der Waals surface area contributed by atoms with Crippen molar-refractivity contribution in [3.63, 3.8) is 0 Å². The number of nitrogens with one attached hydrogen (secondary N) is 1. The molecule has 184 valence electrons. The van der Waals surface area contributed by atoms with Gasteiger partial charge in [0, 0.05) is 35.8 Å². The van der Waals surface area contributed by atoms with Crippen molar-refractivity contribution in [2.75, 3.05) is 5.32 Å². The van der Waals surface area contributed by atoms with E-state index in [9.17, 15) is 18.7 Å². The van der Waals surface area contributed by atoms with Crippen molar-refractivity contribution in [3.8, 4) is 11.1 Å². The average molecular weight is 482 g/mol. The smallest absolute Gasteiger partial charge is 0.306 e. The van der Waals surface area contributed by atoms with Crippen LogP contribution in [0.25, 0.3) is 11.1 Å². The van der Waals surface area contributed by atoms with Crippen molar-refractivity contribution in [2.45, 2.75) is 52.4 Å². The third kappa shape index (κ3) is 5.78. The lowest BCUT2D eigenvalue weighted by atomic mass is 9.71. The van der Waals surface area contributed by atoms with Gasteiger partial charge in [-0.2, -0.15) is 0 Å². The normalized spacial score (nSPS) is 21.0. The van der Waals surface area contributed by atoms with Crippen LogP contribution in [-0.2, 0) is 4.79 Å². The molecule has 1 saturated carbocycles. The summed E-state index contributed by atoms with van der Waals surface area (Å²) in [5.41, 5.74) is 3.02. The summed E-state index contributed by atoms with van der Waals surface area (Å²) >= 11 is 0. The maximum absolute atomic E-state index is 13.0. The second kappa shape index (κ2) is 10.4. The Bertz CT molecular complexity index is 1190. The quantitative estimate of drug-likeness (QED) is 0.416. The van der Waals surface area contributed by atoms with Crippen molar-refractivity contribution in [1.82, 2.24) is 19.9 Å². The number of carbonyl (C=O) groups is 1. The molecule has 1 aliphatic carbocycles. The van der Waals surface area contributed by atoms with Gasteiger partial charge in [-0.3, -0.25) is 4.79 Å². The van der Waals surface area contributed by atoms with Crippen molar-refractivity contribution in [2.24, 2.45) is 17.8 Å². The summed E-state index contributed by atoms with van der Waals surface area (Å²) in [6.45, 7) is 6.06. The monoisotopic (exact) mass is 481 g/mol. The number of hydrogen-bond donors (Lipinski definition) is 2. The molecule has 2 aromatic heterocycles. The Morgan fingerprint density at radius 1 is 1.11 bits per heavy atom. The Hall–Kier alpha value is -3.49. The lowest BCUT2D eigenvalue weighted by molar-refractivity contribution is -0.145. The van der Waals surface area contributed by atoms with Crippen LogP contribution in [0.1, 0.15) is 62.5 Å². The van der Waals surface area contributed by atoms with Crippen LogP contribution in [0.5, 0.6) is 0 Å². The number of nitrogens with zero attached hydrogens (tertiary/aromatic N) is 4. The first kappa shape index (κ1) is 24.6. The van der Waals surface area contributed by atoms with E-state index in [1.165, 1.54) is 12.3 Å². The fraction of sp³-hybridized carbons (Fsp3) is 0.423. The standard InChI is InChI=1S/C26H29F2N5O2/c1-14-8-18(11-20(9-14)32-26-29-7-6-22(33-26)23(27)28)19-12-30-24(31-13-19)16(3)17-4-5-21(25(34)35)15(2)10-17/h6-9,11-13,15-17,21,23H,4-5,10H2,1-3H3,(H,34,35)(H,29,32,33)/t15-,16-,17-,21+/m0/s1. The number of alkyl halides is 2. The number of halogens is 2. The molecule has 0 bridgehead atoms. The molecule has 0 aliphatic heterocycles. The molecule has 2 heterocycles. The number of anilines is 2. The van der Waals surface area contributed by atoms with Crippen LogP contribution in [0.15, 0.2) is 42.9 Å². The third-order valence-electron chi connectivity index (χ3n) is 6.88. The van der Waals surface area contributed by atoms with Gasteiger partial charge in [-0.05, 0) is 67.3 Å². The summed E-state index contributed by atoms with van der Waals surface area (Å²) in [5.74, 6) is 0.505. The molecule has 2 N–H and O–H groups in total. The van der Waals surface area contributed by atoms with E-state index < -0.39 is 12.4 Å². The fourth-order valence-corrected chi connectivity index (χ4v) is 4.90. The minimum absolute atomic E-state index is 0.103. The van der Waals surface area contributed by atoms with Crippen LogP contribution in [0, 0.1) is 24.7 Å². The van der Waals surface area contributed by atoms with Gasteiger partial charge in [-0.15, -0.1) is 0 Å². The summed E-state index contributed by atoms with van der Waals surface area (Å²) in [6, 6.07) is 6.95. The number of aromatic nitrogens is 4. The van der Waals surface area contributed by atoms with E-state index in [2.05, 4.69) is 32.2 Å². The lowest BCUT2D eigenvalue weighted by Crippen LogP contribution is -2.31. The molecule has 0 amide bonds. The van der Waals surface area contributed by atoms with Gasteiger partial charge in [-0.1, -0.05) is 19.9 Å². The fourth-order valence-electron chi connectivity index (χ4n) is 4.90. The predicted octanol–water partition coefficient (Wildman–Crippen LogP) is 6.16. The van der Waals surface area contributed by atoms with Crippen LogP contribution in [0.2, 0.25) is 0 Å². The summed E-state index contributed by atoms with van der Waals surface area (Å²) in [7, 11) is 0. The number of rotatable bonds is 7. The maximum Gasteiger partial charge on any atom is 0.306 e. The van der Waals surface area contributed by atoms with E-state index in [0.29, 0.717) is 18.0 Å². The Morgan fingerprint density at radius 2 is 1.86 bits per heavy atom. The van der Waals surface area contributed by atoms with Gasteiger partial charge in [0.05, 0.1) is 5.92 Å². The number of benzene rings is 1. The molecule has 3 aromatic rings. The molecule has 0 radical (unpaired) electrons. The zero-order valence-electron chi connectivity index (χ0n) is 19.9. The van der Waals surface area contributed by atoms with Crippen molar-refractivity contribution in [1.29, 1.82) is 0 Å². The van der Waals surface area contributed by atoms with E-state index in [1.54, 1.807) is 12.4 Å². The number of aliphatic carboxylic acids is 1. The Labute approximate surface area is 203 Å². The lowest BCUT2D eigenvalue weighted by Gasteiger charge is -2.34. The van der Waals surface area contributed by atoms with E-state index in [1.807, 2.05) is 32.0 Å². The first-order chi connectivity index (χ1) is 16.7. The topological polar surface area (TPSA) is 101 Å². The zero-order chi connectivity index (χ0) is 25.1. The second-order valence-electron chi connectivity index (χ2n) is 9.43. The Morgan fingerprint density at radius 3 is 2.51 bits per heavy atom. The summed E-state index contributed by atoms with van der Waals surface area (Å²) < 4.78 is 25.9. The Kier molecular flexibility index (Phi) is 7.33. The molecular formula is C26H29F2N5O2. The predicted molar refractivity (Wildman–Crippen MR) is 129 cm³/mol. The largest absolute Gasteiger partial charge is 0.481 e. The molecule has 0 unspecified atom stereocenters. The van der Waals surface area contributed by atoms with E-state index >= 15 is 0 Å². The van der Waals surface area contributed by atoms with Gasteiger partial charge in [0.25, 0.3) is 6.43 Å². The molecule has 4 atom stereocenters. The van der Waals surface area contributed by atoms with E-state index in [-0.39, 0.29) is 29.4 Å². The van der Waals surface area contributed by atoms with Gasteiger partial charge < -0.3 is 10.4 Å². The molecular weight excluding hydrogens is 452 g/mol. The number of hydrogen-bond acceptors (Lipinski definition) is 6. The highest BCUT2D eigenvalue weighted by Gasteiger charge is 2.35. The minimum atomic E-state index is -2.67. The molecule has 1 fully saturated rings. The molecule has 1 aromatic carbocycles. The maximum atomic E-state index is 13.0. The highest BCUT2D eigenvalue weighted by molar-refractivity contribution is 5.71. The molecule has 35 heavy (non-hydrogen) atoms. The van der Waals surface area contributed by atoms with Crippen molar-refractivity contribution < 1.29 is 18.7 Å². The highest BCUT2D eigenvalue weighted by atomic mass is 19.3. The van der Waals surface area contributed by atoms with Crippen LogP contribution >= 0.6 is 0 Å². The molecule has 0 saturated heterocycles. The van der Waals surface area contributed by atoms with E-state index in [4.69, 9.17) is 0 Å². The minimum Gasteiger partial charge on any atom is -0.481 e. The van der Waals surface area contributed by atoms with Crippen molar-refractivity contribution in [3.05, 3.63) is 59.9 Å². The third-order valence-corrected chi connectivity index (χ3v) is 6.88. The SMILES string of the molecule is Cc1cc(Nc2nccc(C(F)F)n2)cc(-c2cnc([C@@H](C)[C@H]3CC[C@@H](C(=O)O)[C@@H](C)C3)nc2)c1. The molecule has 4 rings (SSSR count). The van der Waals surface area contributed by atoms with Crippen LogP contribution < -0.4 is 5.32 Å². The number of aryl methyl sites for hydroxylation is 1. The van der Waals surface area contributed by atoms with Crippen LogP contribution in [0.3, 0.4) is 0 Å². The first-order valence-corrected chi connectivity index (χ1v) is 11.8. The van der Waals surface area contributed by atoms with Crippen LogP contribution in [0.4, 0.5) is 20.4 Å². The second-order valence-corrected chi connectivity index (χ2v) is 9.43. The van der Waals surface area contributed by atoms with E-state index in [0.717, 1.165) is 35.4 Å². The van der Waals surface area contributed by atoms with Crippen molar-refractivity contribution >= 4 is 17.6 Å². The molecule has 7 nitrogen and oxygen atoms in total. The average Bonchev–Trinajstić information content (AvgIpc) is 2.83. The Balaban J connectivity index is 1.49. The van der Waals surface area contributed by atoms with Crippen LogP contribution in [-0.4, -0.2) is 31.0 Å². The number of carboxylic acids is 1. The molecule has 0 spiro atoms. The molecule has 9 heteroatoms. The summed E-state index contributed by atoms with van der Waals surface area (Å²) in [5, 5.41) is 12.4.